The molecule has 0 aromatic heterocycles. The van der Waals surface area contributed by atoms with E-state index < -0.39 is 6.29 Å². The van der Waals surface area contributed by atoms with Gasteiger partial charge in [0.25, 0.3) is 0 Å². The maximum absolute atomic E-state index is 7.84. The highest BCUT2D eigenvalue weighted by Crippen LogP contribution is 2.25. The first kappa shape index (κ1) is 21.3. The SMILES string of the molecule is CC1=C(N2CCN(C(N=N)Nc3ccccc3C)C(C(C)N)C2)NC2C=CC=CC2=N1. The van der Waals surface area contributed by atoms with Gasteiger partial charge in [-0.2, -0.15) is 5.11 Å². The number of hydrogen-bond donors (Lipinski definition) is 4. The average molecular weight is 421 g/mol. The zero-order chi connectivity index (χ0) is 22.0. The third kappa shape index (κ3) is 4.40. The smallest absolute Gasteiger partial charge is 0.196 e. The van der Waals surface area contributed by atoms with Gasteiger partial charge < -0.3 is 21.3 Å². The number of piperazine rings is 1. The third-order valence-corrected chi connectivity index (χ3v) is 6.18. The van der Waals surface area contributed by atoms with Crippen molar-refractivity contribution in [2.24, 2.45) is 15.8 Å². The van der Waals surface area contributed by atoms with E-state index in [2.05, 4.69) is 56.8 Å². The molecule has 0 bridgehead atoms. The molecule has 8 nitrogen and oxygen atoms in total. The molecule has 164 valence electrons. The first-order valence-electron chi connectivity index (χ1n) is 10.8. The van der Waals surface area contributed by atoms with Crippen molar-refractivity contribution in [2.45, 2.75) is 45.2 Å². The molecule has 5 N–H and O–H groups in total. The molecule has 1 saturated heterocycles. The van der Waals surface area contributed by atoms with Crippen molar-refractivity contribution in [1.82, 2.24) is 15.1 Å². The van der Waals surface area contributed by atoms with E-state index in [-0.39, 0.29) is 18.1 Å². The van der Waals surface area contributed by atoms with Crippen LogP contribution in [0.2, 0.25) is 0 Å². The van der Waals surface area contributed by atoms with Gasteiger partial charge in [-0.1, -0.05) is 36.4 Å². The Hall–Kier alpha value is -2.97. The Labute approximate surface area is 184 Å². The van der Waals surface area contributed by atoms with Gasteiger partial charge in [-0.25, -0.2) is 5.53 Å². The van der Waals surface area contributed by atoms with E-state index in [1.165, 1.54) is 0 Å². The van der Waals surface area contributed by atoms with E-state index in [1.54, 1.807) is 0 Å². The van der Waals surface area contributed by atoms with E-state index in [0.717, 1.165) is 48.1 Å². The lowest BCUT2D eigenvalue weighted by Crippen LogP contribution is -2.63. The van der Waals surface area contributed by atoms with Crippen LogP contribution >= 0.6 is 0 Å². The average Bonchev–Trinajstić information content (AvgIpc) is 2.78. The minimum Gasteiger partial charge on any atom is -0.358 e. The number of rotatable bonds is 6. The van der Waals surface area contributed by atoms with Crippen LogP contribution in [0, 0.1) is 12.5 Å². The number of aliphatic imine (C=N–C) groups is 1. The number of nitrogens with one attached hydrogen (secondary N) is 3. The van der Waals surface area contributed by atoms with Gasteiger partial charge in [-0.3, -0.25) is 9.89 Å². The van der Waals surface area contributed by atoms with E-state index in [9.17, 15) is 0 Å². The lowest BCUT2D eigenvalue weighted by Gasteiger charge is -2.47. The molecule has 0 amide bonds. The molecule has 8 heteroatoms. The van der Waals surface area contributed by atoms with Crippen LogP contribution in [0.3, 0.4) is 0 Å². The molecule has 4 rings (SSSR count). The highest BCUT2D eigenvalue weighted by molar-refractivity contribution is 6.03. The zero-order valence-electron chi connectivity index (χ0n) is 18.4. The number of fused-ring (bicyclic) bond motifs is 1. The summed E-state index contributed by atoms with van der Waals surface area (Å²) in [5.74, 6) is 1.06. The summed E-state index contributed by atoms with van der Waals surface area (Å²) in [4.78, 5) is 9.35. The summed E-state index contributed by atoms with van der Waals surface area (Å²) < 4.78 is 0. The Bertz CT molecular complexity index is 945. The Morgan fingerprint density at radius 3 is 2.81 bits per heavy atom. The lowest BCUT2D eigenvalue weighted by molar-refractivity contribution is 0.0491. The van der Waals surface area contributed by atoms with Crippen LogP contribution in [0.25, 0.3) is 0 Å². The van der Waals surface area contributed by atoms with Gasteiger partial charge in [0.05, 0.1) is 17.5 Å². The second-order valence-corrected chi connectivity index (χ2v) is 8.41. The van der Waals surface area contributed by atoms with E-state index >= 15 is 0 Å². The summed E-state index contributed by atoms with van der Waals surface area (Å²) in [7, 11) is 0. The van der Waals surface area contributed by atoms with Crippen LogP contribution in [0.4, 0.5) is 5.69 Å². The Balaban J connectivity index is 1.53. The van der Waals surface area contributed by atoms with Crippen molar-refractivity contribution >= 4 is 11.4 Å². The number of para-hydroxylation sites is 1. The van der Waals surface area contributed by atoms with Crippen LogP contribution < -0.4 is 16.4 Å². The molecule has 4 atom stereocenters. The monoisotopic (exact) mass is 420 g/mol. The normalized spacial score (nSPS) is 25.4. The van der Waals surface area contributed by atoms with Crippen molar-refractivity contribution < 1.29 is 0 Å². The van der Waals surface area contributed by atoms with Crippen molar-refractivity contribution in [3.8, 4) is 0 Å². The van der Waals surface area contributed by atoms with Crippen LogP contribution in [0.15, 0.2) is 70.2 Å². The fraction of sp³-hybridized carbons (Fsp3) is 0.435. The predicted octanol–water partition coefficient (Wildman–Crippen LogP) is 2.78. The van der Waals surface area contributed by atoms with E-state index in [0.29, 0.717) is 0 Å². The molecule has 0 spiro atoms. The zero-order valence-corrected chi connectivity index (χ0v) is 18.4. The molecule has 2 aliphatic heterocycles. The number of allylic oxidation sites excluding steroid dienone is 3. The minimum absolute atomic E-state index is 0.0404. The van der Waals surface area contributed by atoms with Gasteiger partial charge in [0.15, 0.2) is 6.29 Å². The number of aryl methyl sites for hydroxylation is 1. The molecule has 1 fully saturated rings. The van der Waals surface area contributed by atoms with Crippen molar-refractivity contribution in [3.05, 3.63) is 65.7 Å². The number of anilines is 1. The highest BCUT2D eigenvalue weighted by Gasteiger charge is 2.36. The molecule has 1 aromatic rings. The van der Waals surface area contributed by atoms with E-state index in [1.807, 2.05) is 38.1 Å². The molecule has 0 saturated carbocycles. The number of hydrogen-bond acceptors (Lipinski definition) is 8. The summed E-state index contributed by atoms with van der Waals surface area (Å²) in [5, 5.41) is 11.0. The Morgan fingerprint density at radius 1 is 1.26 bits per heavy atom. The van der Waals surface area contributed by atoms with Crippen LogP contribution in [-0.4, -0.2) is 59.6 Å². The maximum atomic E-state index is 7.84. The molecule has 1 aliphatic carbocycles. The Morgan fingerprint density at radius 2 is 2.06 bits per heavy atom. The molecular weight excluding hydrogens is 388 g/mol. The molecule has 2 heterocycles. The number of nitrogens with two attached hydrogens (primary N) is 1. The number of nitrogens with zero attached hydrogens (tertiary/aromatic N) is 4. The van der Waals surface area contributed by atoms with Crippen molar-refractivity contribution in [1.29, 1.82) is 5.53 Å². The Kier molecular flexibility index (Phi) is 6.20. The first-order chi connectivity index (χ1) is 15.0. The molecule has 0 radical (unpaired) electrons. The topological polar surface area (TPSA) is 105 Å². The van der Waals surface area contributed by atoms with Crippen LogP contribution in [0.1, 0.15) is 19.4 Å². The first-order valence-corrected chi connectivity index (χ1v) is 10.8. The van der Waals surface area contributed by atoms with Crippen molar-refractivity contribution in [2.75, 3.05) is 25.0 Å². The fourth-order valence-electron chi connectivity index (χ4n) is 4.44. The van der Waals surface area contributed by atoms with Gasteiger partial charge in [-0.05, 0) is 38.5 Å². The van der Waals surface area contributed by atoms with Gasteiger partial charge in [0.1, 0.15) is 5.82 Å². The summed E-state index contributed by atoms with van der Waals surface area (Å²) in [6, 6.07) is 8.14. The third-order valence-electron chi connectivity index (χ3n) is 6.18. The molecule has 1 aromatic carbocycles. The highest BCUT2D eigenvalue weighted by atomic mass is 15.4. The minimum atomic E-state index is -0.454. The fourth-order valence-corrected chi connectivity index (χ4v) is 4.44. The summed E-state index contributed by atoms with van der Waals surface area (Å²) in [5.41, 5.74) is 18.4. The quantitative estimate of drug-likeness (QED) is 0.530. The molecule has 4 unspecified atom stereocenters. The van der Waals surface area contributed by atoms with Gasteiger partial charge in [0.2, 0.25) is 0 Å². The second kappa shape index (κ2) is 9.03. The predicted molar refractivity (Wildman–Crippen MR) is 125 cm³/mol. The molecule has 3 aliphatic rings. The van der Waals surface area contributed by atoms with Crippen LogP contribution in [-0.2, 0) is 0 Å². The second-order valence-electron chi connectivity index (χ2n) is 8.41. The van der Waals surface area contributed by atoms with Crippen molar-refractivity contribution in [3.63, 3.8) is 0 Å². The van der Waals surface area contributed by atoms with Gasteiger partial charge in [0, 0.05) is 37.4 Å². The largest absolute Gasteiger partial charge is 0.358 e. The summed E-state index contributed by atoms with van der Waals surface area (Å²) in [6.45, 7) is 8.42. The lowest BCUT2D eigenvalue weighted by atomic mass is 10.0. The number of benzene rings is 1. The standard InChI is InChI=1S/C23H32N8/c1-15-8-4-5-9-18(15)28-23(29-25)31-13-12-30(14-21(31)16(2)24)22-17(3)26-19-10-6-7-11-20(19)27-22/h4-11,16,20-21,23,25,27-28H,12-14,24H2,1-3H3. The summed E-state index contributed by atoms with van der Waals surface area (Å²) in [6.07, 6.45) is 7.80. The maximum Gasteiger partial charge on any atom is 0.196 e. The molecule has 31 heavy (non-hydrogen) atoms. The van der Waals surface area contributed by atoms with Crippen LogP contribution in [0.5, 0.6) is 0 Å². The van der Waals surface area contributed by atoms with Gasteiger partial charge in [-0.15, -0.1) is 0 Å². The summed E-state index contributed by atoms with van der Waals surface area (Å²) >= 11 is 0. The molecular formula is C23H32N8. The van der Waals surface area contributed by atoms with E-state index in [4.69, 9.17) is 16.3 Å². The van der Waals surface area contributed by atoms with Gasteiger partial charge >= 0.3 is 0 Å².